The maximum Gasteiger partial charge on any atom is 0.129 e. The lowest BCUT2D eigenvalue weighted by Crippen LogP contribution is -2.55. The molecule has 0 bridgehead atoms. The largest absolute Gasteiger partial charge is 0.319 e. The van der Waals surface area contributed by atoms with Gasteiger partial charge in [0.15, 0.2) is 0 Å². The molecule has 2 fully saturated rings. The molecule has 2 heterocycles. The van der Waals surface area contributed by atoms with Gasteiger partial charge in [0.2, 0.25) is 0 Å². The van der Waals surface area contributed by atoms with Gasteiger partial charge in [0, 0.05) is 6.42 Å². The van der Waals surface area contributed by atoms with Gasteiger partial charge < -0.3 is 8.97 Å². The molecule has 0 amide bonds. The van der Waals surface area contributed by atoms with Crippen LogP contribution in [-0.4, -0.2) is 61.3 Å². The first-order chi connectivity index (χ1) is 8.74. The SMILES string of the molecule is CC[N+]1(CC)CCC[N+]2(CCCCCCC2)CC1. The van der Waals surface area contributed by atoms with Crippen LogP contribution in [0.1, 0.15) is 52.4 Å². The Hall–Kier alpha value is -0.0800. The second-order valence-corrected chi connectivity index (χ2v) is 6.78. The summed E-state index contributed by atoms with van der Waals surface area (Å²) in [5, 5.41) is 0. The van der Waals surface area contributed by atoms with Crippen molar-refractivity contribution in [1.29, 1.82) is 0 Å². The number of nitrogens with zero attached hydrogens (tertiary/aromatic N) is 2. The summed E-state index contributed by atoms with van der Waals surface area (Å²) in [6, 6.07) is 0. The molecule has 2 heteroatoms. The third-order valence-corrected chi connectivity index (χ3v) is 5.92. The maximum absolute atomic E-state index is 2.40. The highest BCUT2D eigenvalue weighted by Gasteiger charge is 2.36. The summed E-state index contributed by atoms with van der Waals surface area (Å²) in [5.74, 6) is 0. The van der Waals surface area contributed by atoms with Crippen molar-refractivity contribution >= 4 is 0 Å². The molecule has 2 aliphatic heterocycles. The molecule has 0 N–H and O–H groups in total. The summed E-state index contributed by atoms with van der Waals surface area (Å²) in [6.45, 7) is 16.2. The number of hydrogen-bond acceptors (Lipinski definition) is 0. The molecule has 1 spiro atoms. The Labute approximate surface area is 114 Å². The van der Waals surface area contributed by atoms with Crippen LogP contribution in [-0.2, 0) is 0 Å². The zero-order valence-electron chi connectivity index (χ0n) is 12.8. The van der Waals surface area contributed by atoms with E-state index in [4.69, 9.17) is 0 Å². The van der Waals surface area contributed by atoms with Gasteiger partial charge in [-0.3, -0.25) is 0 Å². The summed E-state index contributed by atoms with van der Waals surface area (Å²) >= 11 is 0. The highest BCUT2D eigenvalue weighted by molar-refractivity contribution is 4.58. The zero-order chi connectivity index (χ0) is 12.9. The lowest BCUT2D eigenvalue weighted by molar-refractivity contribution is -0.962. The van der Waals surface area contributed by atoms with E-state index in [1.807, 2.05) is 0 Å². The minimum atomic E-state index is 1.34. The van der Waals surface area contributed by atoms with Gasteiger partial charge in [-0.2, -0.15) is 0 Å². The second-order valence-electron chi connectivity index (χ2n) is 6.78. The molecular formula is C16H34N2+2. The van der Waals surface area contributed by atoms with Crippen molar-refractivity contribution in [3.63, 3.8) is 0 Å². The Morgan fingerprint density at radius 3 is 1.72 bits per heavy atom. The van der Waals surface area contributed by atoms with E-state index in [1.165, 1.54) is 99.8 Å². The molecule has 0 aromatic heterocycles. The molecule has 106 valence electrons. The molecule has 18 heavy (non-hydrogen) atoms. The number of hydrogen-bond donors (Lipinski definition) is 0. The highest BCUT2D eigenvalue weighted by Crippen LogP contribution is 2.23. The van der Waals surface area contributed by atoms with Crippen LogP contribution in [0.5, 0.6) is 0 Å². The van der Waals surface area contributed by atoms with Crippen molar-refractivity contribution in [3.8, 4) is 0 Å². The summed E-state index contributed by atoms with van der Waals surface area (Å²) in [5.41, 5.74) is 0. The first kappa shape index (κ1) is 14.3. The molecule has 0 saturated carbocycles. The van der Waals surface area contributed by atoms with Crippen LogP contribution in [0.3, 0.4) is 0 Å². The lowest BCUT2D eigenvalue weighted by atomic mass is 10.1. The molecule has 0 aliphatic carbocycles. The van der Waals surface area contributed by atoms with E-state index < -0.39 is 0 Å². The molecule has 0 radical (unpaired) electrons. The van der Waals surface area contributed by atoms with Gasteiger partial charge >= 0.3 is 0 Å². The quantitative estimate of drug-likeness (QED) is 0.665. The Bertz CT molecular complexity index is 237. The van der Waals surface area contributed by atoms with Crippen LogP contribution < -0.4 is 0 Å². The predicted octanol–water partition coefficient (Wildman–Crippen LogP) is 3.03. The van der Waals surface area contributed by atoms with Crippen molar-refractivity contribution in [3.05, 3.63) is 0 Å². The molecule has 2 saturated heterocycles. The normalized spacial score (nSPS) is 28.3. The zero-order valence-corrected chi connectivity index (χ0v) is 12.8. The third kappa shape index (κ3) is 3.27. The molecule has 2 nitrogen and oxygen atoms in total. The van der Waals surface area contributed by atoms with E-state index in [9.17, 15) is 0 Å². The third-order valence-electron chi connectivity index (χ3n) is 5.92. The predicted molar refractivity (Wildman–Crippen MR) is 78.5 cm³/mol. The van der Waals surface area contributed by atoms with E-state index in [1.54, 1.807) is 0 Å². The minimum absolute atomic E-state index is 1.34. The van der Waals surface area contributed by atoms with Crippen molar-refractivity contribution in [2.75, 3.05) is 52.4 Å². The van der Waals surface area contributed by atoms with Crippen molar-refractivity contribution < 1.29 is 8.97 Å². The number of rotatable bonds is 2. The van der Waals surface area contributed by atoms with Crippen LogP contribution >= 0.6 is 0 Å². The molecule has 0 unspecified atom stereocenters. The van der Waals surface area contributed by atoms with Crippen LogP contribution in [0.25, 0.3) is 0 Å². The van der Waals surface area contributed by atoms with Crippen molar-refractivity contribution in [1.82, 2.24) is 0 Å². The average molecular weight is 254 g/mol. The molecule has 0 aromatic carbocycles. The van der Waals surface area contributed by atoms with Gasteiger partial charge in [-0.1, -0.05) is 6.42 Å². The fraction of sp³-hybridized carbons (Fsp3) is 1.00. The first-order valence-electron chi connectivity index (χ1n) is 8.44. The Morgan fingerprint density at radius 2 is 1.11 bits per heavy atom. The van der Waals surface area contributed by atoms with Crippen molar-refractivity contribution in [2.45, 2.75) is 52.4 Å². The van der Waals surface area contributed by atoms with Gasteiger partial charge in [0.1, 0.15) is 13.1 Å². The van der Waals surface area contributed by atoms with E-state index in [2.05, 4.69) is 13.8 Å². The van der Waals surface area contributed by atoms with Crippen LogP contribution in [0.2, 0.25) is 0 Å². The van der Waals surface area contributed by atoms with E-state index in [0.29, 0.717) is 0 Å². The van der Waals surface area contributed by atoms with Crippen molar-refractivity contribution in [2.24, 2.45) is 0 Å². The van der Waals surface area contributed by atoms with Crippen LogP contribution in [0.4, 0.5) is 0 Å². The van der Waals surface area contributed by atoms with E-state index in [-0.39, 0.29) is 0 Å². The molecule has 2 rings (SSSR count). The molecule has 0 aromatic rings. The fourth-order valence-corrected chi connectivity index (χ4v) is 4.23. The van der Waals surface area contributed by atoms with Gasteiger partial charge in [-0.05, 0) is 39.5 Å². The Morgan fingerprint density at radius 1 is 0.556 bits per heavy atom. The minimum Gasteiger partial charge on any atom is -0.319 e. The smallest absolute Gasteiger partial charge is 0.129 e. The van der Waals surface area contributed by atoms with E-state index in [0.717, 1.165) is 0 Å². The molecule has 0 atom stereocenters. The monoisotopic (exact) mass is 254 g/mol. The number of likely N-dealkylation sites (N-methyl/N-ethyl adjacent to an activating group) is 1. The summed E-state index contributed by atoms with van der Waals surface area (Å²) < 4.78 is 2.86. The maximum atomic E-state index is 2.40. The van der Waals surface area contributed by atoms with E-state index >= 15 is 0 Å². The summed E-state index contributed by atoms with van der Waals surface area (Å²) in [6.07, 6.45) is 8.89. The van der Waals surface area contributed by atoms with Gasteiger partial charge in [0.05, 0.1) is 39.3 Å². The van der Waals surface area contributed by atoms with Crippen LogP contribution in [0, 0.1) is 0 Å². The molecule has 2 aliphatic rings. The van der Waals surface area contributed by atoms with Gasteiger partial charge in [-0.15, -0.1) is 0 Å². The summed E-state index contributed by atoms with van der Waals surface area (Å²) in [4.78, 5) is 0. The highest BCUT2D eigenvalue weighted by atomic mass is 15.4. The van der Waals surface area contributed by atoms with Gasteiger partial charge in [-0.25, -0.2) is 0 Å². The average Bonchev–Trinajstić information content (AvgIpc) is 2.55. The van der Waals surface area contributed by atoms with Gasteiger partial charge in [0.25, 0.3) is 0 Å². The Kier molecular flexibility index (Phi) is 5.08. The summed E-state index contributed by atoms with van der Waals surface area (Å²) in [7, 11) is 0. The fourth-order valence-electron chi connectivity index (χ4n) is 4.23. The Balaban J connectivity index is 2.01. The topological polar surface area (TPSA) is 0 Å². The standard InChI is InChI=1S/C16H34N2/c1-3-17(4-2)13-10-14-18(16-15-17)11-8-6-5-7-9-12-18/h3-16H2,1-2H3/q+2. The second kappa shape index (κ2) is 6.38. The van der Waals surface area contributed by atoms with Crippen LogP contribution in [0.15, 0.2) is 0 Å². The number of quaternary nitrogens is 2. The lowest BCUT2D eigenvalue weighted by Gasteiger charge is -2.40. The first-order valence-corrected chi connectivity index (χ1v) is 8.44. The molecular weight excluding hydrogens is 220 g/mol.